The Kier molecular flexibility index (Phi) is 10.5. The number of para-hydroxylation sites is 2. The van der Waals surface area contributed by atoms with Gasteiger partial charge in [-0.1, -0.05) is 61.5 Å². The maximum absolute atomic E-state index is 5.28. The van der Waals surface area contributed by atoms with Crippen molar-refractivity contribution in [2.45, 2.75) is 60.8 Å². The Morgan fingerprint density at radius 3 is 1.51 bits per heavy atom. The topological polar surface area (TPSA) is 95.4 Å². The lowest BCUT2D eigenvalue weighted by molar-refractivity contribution is 0.698. The van der Waals surface area contributed by atoms with Gasteiger partial charge in [0.2, 0.25) is 0 Å². The van der Waals surface area contributed by atoms with E-state index in [0.717, 1.165) is 132 Å². The highest BCUT2D eigenvalue weighted by molar-refractivity contribution is 5.89. The number of hydrogen-bond donors (Lipinski definition) is 0. The molecule has 0 bridgehead atoms. The SMILES string of the molecule is CC1=C(N(c2cc(C)c(-c3nc4cccnc4n3C3=CCCC=C3)cc2C)c2cc(C)c(-c3nc4cccnc4n3-c3ccccc3)cc2C)CC(C)C(c2nc3cccnc3n2-c2ccccc2)=C1. The van der Waals surface area contributed by atoms with E-state index in [1.807, 2.05) is 55.0 Å². The number of imidazole rings is 3. The molecule has 2 aliphatic carbocycles. The molecule has 0 radical (unpaired) electrons. The van der Waals surface area contributed by atoms with Crippen LogP contribution in [0.5, 0.6) is 0 Å². The van der Waals surface area contributed by atoms with Crippen LogP contribution in [0.1, 0.15) is 61.2 Å². The van der Waals surface area contributed by atoms with Crippen molar-refractivity contribution in [3.8, 4) is 34.2 Å². The first kappa shape index (κ1) is 42.8. The van der Waals surface area contributed by atoms with Crippen LogP contribution < -0.4 is 4.90 Å². The summed E-state index contributed by atoms with van der Waals surface area (Å²) in [5.41, 5.74) is 20.8. The summed E-state index contributed by atoms with van der Waals surface area (Å²) in [4.78, 5) is 32.8. The van der Waals surface area contributed by atoms with Crippen molar-refractivity contribution in [3.63, 3.8) is 0 Å². The molecule has 0 saturated heterocycles. The first-order valence-electron chi connectivity index (χ1n) is 24.1. The molecule has 4 aromatic carbocycles. The fourth-order valence-corrected chi connectivity index (χ4v) is 10.5. The molecule has 0 saturated carbocycles. The minimum absolute atomic E-state index is 0.115. The maximum Gasteiger partial charge on any atom is 0.164 e. The van der Waals surface area contributed by atoms with E-state index >= 15 is 0 Å². The number of aryl methyl sites for hydroxylation is 4. The van der Waals surface area contributed by atoms with Crippen LogP contribution >= 0.6 is 0 Å². The number of fused-ring (bicyclic) bond motifs is 3. The summed E-state index contributed by atoms with van der Waals surface area (Å²) in [5, 5.41) is 0. The Bertz CT molecular complexity index is 3830. The molecule has 6 heterocycles. The lowest BCUT2D eigenvalue weighted by Gasteiger charge is -2.36. The smallest absolute Gasteiger partial charge is 0.164 e. The summed E-state index contributed by atoms with van der Waals surface area (Å²) < 4.78 is 6.63. The molecular formula is C60H52N10. The molecule has 1 atom stereocenters. The van der Waals surface area contributed by atoms with Gasteiger partial charge >= 0.3 is 0 Å². The van der Waals surface area contributed by atoms with Gasteiger partial charge in [0.05, 0.1) is 0 Å². The van der Waals surface area contributed by atoms with Gasteiger partial charge in [-0.15, -0.1) is 0 Å². The zero-order valence-electron chi connectivity index (χ0n) is 40.3. The van der Waals surface area contributed by atoms with Crippen molar-refractivity contribution >= 4 is 56.1 Å². The quantitative estimate of drug-likeness (QED) is 0.142. The molecule has 0 aliphatic heterocycles. The van der Waals surface area contributed by atoms with Gasteiger partial charge in [-0.25, -0.2) is 29.9 Å². The van der Waals surface area contributed by atoms with Gasteiger partial charge in [0.25, 0.3) is 0 Å². The molecule has 0 N–H and O–H groups in total. The number of nitrogens with zero attached hydrogens (tertiary/aromatic N) is 10. The van der Waals surface area contributed by atoms with Crippen molar-refractivity contribution in [3.05, 3.63) is 204 Å². The van der Waals surface area contributed by atoms with Crippen LogP contribution in [0, 0.1) is 33.6 Å². The van der Waals surface area contributed by atoms with E-state index in [1.54, 1.807) is 0 Å². The summed E-state index contributed by atoms with van der Waals surface area (Å²) in [6, 6.07) is 42.3. The average molecular weight is 913 g/mol. The van der Waals surface area contributed by atoms with Crippen molar-refractivity contribution in [2.75, 3.05) is 4.90 Å². The zero-order chi connectivity index (χ0) is 47.6. The van der Waals surface area contributed by atoms with E-state index in [1.165, 1.54) is 16.8 Å². The fourth-order valence-electron chi connectivity index (χ4n) is 10.5. The molecule has 10 aromatic rings. The molecule has 0 spiro atoms. The fraction of sp³-hybridized carbons (Fsp3) is 0.167. The first-order valence-corrected chi connectivity index (χ1v) is 24.1. The van der Waals surface area contributed by atoms with Crippen LogP contribution in [0.15, 0.2) is 175 Å². The zero-order valence-corrected chi connectivity index (χ0v) is 40.3. The van der Waals surface area contributed by atoms with Crippen molar-refractivity contribution in [2.24, 2.45) is 5.92 Å². The van der Waals surface area contributed by atoms with E-state index in [4.69, 9.17) is 29.9 Å². The second-order valence-corrected chi connectivity index (χ2v) is 18.7. The number of allylic oxidation sites excluding steroid dienone is 8. The number of anilines is 2. The van der Waals surface area contributed by atoms with Crippen LogP contribution in [0.25, 0.3) is 78.9 Å². The minimum Gasteiger partial charge on any atom is -0.313 e. The van der Waals surface area contributed by atoms with E-state index in [0.29, 0.717) is 0 Å². The largest absolute Gasteiger partial charge is 0.313 e. The van der Waals surface area contributed by atoms with Crippen LogP contribution in [-0.2, 0) is 0 Å². The van der Waals surface area contributed by atoms with Crippen LogP contribution in [0.3, 0.4) is 0 Å². The van der Waals surface area contributed by atoms with Crippen LogP contribution in [-0.4, -0.2) is 43.6 Å². The van der Waals surface area contributed by atoms with Crippen molar-refractivity contribution in [1.29, 1.82) is 0 Å². The summed E-state index contributed by atoms with van der Waals surface area (Å²) >= 11 is 0. The highest BCUT2D eigenvalue weighted by atomic mass is 15.2. The Labute approximate surface area is 407 Å². The third kappa shape index (κ3) is 7.17. The number of pyridine rings is 3. The van der Waals surface area contributed by atoms with E-state index < -0.39 is 0 Å². The van der Waals surface area contributed by atoms with Crippen molar-refractivity contribution in [1.82, 2.24) is 43.6 Å². The van der Waals surface area contributed by atoms with Gasteiger partial charge in [0.1, 0.15) is 34.0 Å². The predicted octanol–water partition coefficient (Wildman–Crippen LogP) is 14.2. The number of hydrogen-bond acceptors (Lipinski definition) is 7. The second kappa shape index (κ2) is 17.2. The third-order valence-corrected chi connectivity index (χ3v) is 13.9. The van der Waals surface area contributed by atoms with E-state index in [-0.39, 0.29) is 5.92 Å². The lowest BCUT2D eigenvalue weighted by Crippen LogP contribution is -2.24. The maximum atomic E-state index is 5.28. The Morgan fingerprint density at radius 2 is 1.00 bits per heavy atom. The molecular weight excluding hydrogens is 861 g/mol. The van der Waals surface area contributed by atoms with Gasteiger partial charge in [-0.05, 0) is 184 Å². The van der Waals surface area contributed by atoms with Gasteiger partial charge in [-0.3, -0.25) is 13.7 Å². The molecule has 10 heteroatoms. The number of rotatable bonds is 9. The molecule has 70 heavy (non-hydrogen) atoms. The standard InChI is InChI=1S/C60H52N10/c1-37-34-52(40(4)31-46(37)55-64-49-25-16-28-61-58(49)67(55)43-19-10-7-11-20-43)70(53-35-38(2)47(32-41(53)5)56-65-50-26-17-29-62-59(50)68(56)44-21-12-8-13-22-44)54-36-39(3)48(33-42(54)6)57-66-51-27-18-30-63-60(51)69(57)45-23-14-9-15-24-45/h7-8,10-14,16-34,36,38H,9,15,35H2,1-6H3. The second-order valence-electron chi connectivity index (χ2n) is 18.7. The predicted molar refractivity (Wildman–Crippen MR) is 284 cm³/mol. The lowest BCUT2D eigenvalue weighted by atomic mass is 9.85. The highest BCUT2D eigenvalue weighted by Gasteiger charge is 2.31. The molecule has 1 unspecified atom stereocenters. The Morgan fingerprint density at radius 1 is 0.514 bits per heavy atom. The monoisotopic (exact) mass is 912 g/mol. The molecule has 6 aromatic heterocycles. The van der Waals surface area contributed by atoms with Crippen LogP contribution in [0.4, 0.5) is 11.4 Å². The first-order chi connectivity index (χ1) is 34.2. The normalized spacial score (nSPS) is 15.0. The minimum atomic E-state index is 0.115. The van der Waals surface area contributed by atoms with E-state index in [9.17, 15) is 0 Å². The molecule has 12 rings (SSSR count). The molecule has 342 valence electrons. The van der Waals surface area contributed by atoms with E-state index in [2.05, 4.69) is 169 Å². The highest BCUT2D eigenvalue weighted by Crippen LogP contribution is 2.47. The summed E-state index contributed by atoms with van der Waals surface area (Å²) in [5.74, 6) is 2.79. The summed E-state index contributed by atoms with van der Waals surface area (Å²) in [6.07, 6.45) is 17.4. The average Bonchev–Trinajstić information content (AvgIpc) is 4.09. The van der Waals surface area contributed by atoms with Crippen molar-refractivity contribution < 1.29 is 0 Å². The Hall–Kier alpha value is -8.50. The molecule has 2 aliphatic rings. The molecule has 0 fully saturated rings. The number of benzene rings is 4. The summed E-state index contributed by atoms with van der Waals surface area (Å²) in [6.45, 7) is 13.5. The third-order valence-electron chi connectivity index (χ3n) is 13.9. The van der Waals surface area contributed by atoms with Gasteiger partial charge < -0.3 is 4.90 Å². The van der Waals surface area contributed by atoms with Gasteiger partial charge in [-0.2, -0.15) is 0 Å². The molecule has 0 amide bonds. The summed E-state index contributed by atoms with van der Waals surface area (Å²) in [7, 11) is 0. The van der Waals surface area contributed by atoms with Crippen LogP contribution in [0.2, 0.25) is 0 Å². The molecule has 10 nitrogen and oxygen atoms in total. The Balaban J connectivity index is 1.05. The number of aromatic nitrogens is 9. The van der Waals surface area contributed by atoms with Gasteiger partial charge in [0.15, 0.2) is 16.9 Å². The van der Waals surface area contributed by atoms with Gasteiger partial charge in [0, 0.05) is 63.9 Å².